The summed E-state index contributed by atoms with van der Waals surface area (Å²) in [6.07, 6.45) is 4.79. The van der Waals surface area contributed by atoms with Crippen LogP contribution >= 0.6 is 0 Å². The lowest BCUT2D eigenvalue weighted by Crippen LogP contribution is -2.22. The van der Waals surface area contributed by atoms with E-state index in [1.807, 2.05) is 29.2 Å². The van der Waals surface area contributed by atoms with Crippen LogP contribution in [0.1, 0.15) is 24.9 Å². The molecule has 3 rings (SSSR count). The van der Waals surface area contributed by atoms with Gasteiger partial charge in [-0.15, -0.1) is 0 Å². The maximum atomic E-state index is 11.0. The zero-order valence-electron chi connectivity index (χ0n) is 12.3. The Morgan fingerprint density at radius 3 is 3.05 bits per heavy atom. The van der Waals surface area contributed by atoms with E-state index < -0.39 is 0 Å². The van der Waals surface area contributed by atoms with Gasteiger partial charge in [-0.05, 0) is 31.0 Å². The van der Waals surface area contributed by atoms with Crippen molar-refractivity contribution in [3.05, 3.63) is 36.2 Å². The molecular formula is C15H19N5O. The minimum Gasteiger partial charge on any atom is -0.354 e. The summed E-state index contributed by atoms with van der Waals surface area (Å²) in [6, 6.07) is 6.25. The molecular weight excluding hydrogens is 266 g/mol. The second-order valence-electron chi connectivity index (χ2n) is 5.44. The van der Waals surface area contributed by atoms with Gasteiger partial charge in [0.15, 0.2) is 5.82 Å². The van der Waals surface area contributed by atoms with Crippen LogP contribution in [0.25, 0.3) is 0 Å². The van der Waals surface area contributed by atoms with Crippen LogP contribution in [0.4, 0.5) is 11.6 Å². The molecule has 1 N–H and O–H groups in total. The van der Waals surface area contributed by atoms with Crippen molar-refractivity contribution >= 4 is 17.5 Å². The van der Waals surface area contributed by atoms with Gasteiger partial charge in [0.2, 0.25) is 5.91 Å². The van der Waals surface area contributed by atoms with Crippen LogP contribution in [0.3, 0.4) is 0 Å². The Labute approximate surface area is 123 Å². The number of aromatic nitrogens is 3. The number of rotatable bonds is 3. The van der Waals surface area contributed by atoms with Gasteiger partial charge in [0.05, 0.1) is 6.04 Å². The molecule has 1 fully saturated rings. The molecule has 0 aromatic carbocycles. The van der Waals surface area contributed by atoms with Crippen molar-refractivity contribution in [1.82, 2.24) is 14.8 Å². The van der Waals surface area contributed by atoms with Crippen LogP contribution in [0.5, 0.6) is 0 Å². The van der Waals surface area contributed by atoms with Crippen molar-refractivity contribution in [1.29, 1.82) is 0 Å². The number of hydrogen-bond acceptors (Lipinski definition) is 4. The first-order valence-electron chi connectivity index (χ1n) is 7.12. The minimum atomic E-state index is -0.0998. The van der Waals surface area contributed by atoms with Crippen molar-refractivity contribution in [3.8, 4) is 0 Å². The third kappa shape index (κ3) is 3.04. The Balaban J connectivity index is 1.69. The molecule has 2 aromatic rings. The van der Waals surface area contributed by atoms with Gasteiger partial charge in [0.1, 0.15) is 5.82 Å². The molecule has 0 bridgehead atoms. The number of nitrogens with zero attached hydrogens (tertiary/aromatic N) is 4. The van der Waals surface area contributed by atoms with Crippen LogP contribution in [-0.4, -0.2) is 33.8 Å². The standard InChI is InChI=1S/C15H19N5O/c1-11-3-6-16-15(9-11)19-7-4-13(10-19)20-8-5-14(18-20)17-12(2)21/h3,5-6,8-9,13H,4,7,10H2,1-2H3,(H,17,18,21)/t13-/m1/s1. The van der Waals surface area contributed by atoms with Crippen molar-refractivity contribution in [2.75, 3.05) is 23.3 Å². The highest BCUT2D eigenvalue weighted by molar-refractivity contribution is 5.87. The Bertz CT molecular complexity index is 651. The molecule has 1 atom stereocenters. The summed E-state index contributed by atoms with van der Waals surface area (Å²) in [4.78, 5) is 17.7. The molecule has 1 amide bonds. The highest BCUT2D eigenvalue weighted by atomic mass is 16.1. The van der Waals surface area contributed by atoms with Crippen molar-refractivity contribution in [2.24, 2.45) is 0 Å². The van der Waals surface area contributed by atoms with Gasteiger partial charge in [0, 0.05) is 38.5 Å². The number of nitrogens with one attached hydrogen (secondary N) is 1. The summed E-state index contributed by atoms with van der Waals surface area (Å²) in [7, 11) is 0. The third-order valence-corrected chi connectivity index (χ3v) is 3.67. The molecule has 6 heteroatoms. The molecule has 0 saturated carbocycles. The summed E-state index contributed by atoms with van der Waals surface area (Å²) >= 11 is 0. The molecule has 1 aliphatic heterocycles. The lowest BCUT2D eigenvalue weighted by molar-refractivity contribution is -0.114. The summed E-state index contributed by atoms with van der Waals surface area (Å²) < 4.78 is 1.93. The lowest BCUT2D eigenvalue weighted by atomic mass is 10.3. The van der Waals surface area contributed by atoms with E-state index in [4.69, 9.17) is 0 Å². The molecule has 0 spiro atoms. The number of anilines is 2. The summed E-state index contributed by atoms with van der Waals surface area (Å²) in [5.74, 6) is 1.53. The topological polar surface area (TPSA) is 63.1 Å². The number of amides is 1. The number of hydrogen-bond donors (Lipinski definition) is 1. The predicted molar refractivity (Wildman–Crippen MR) is 81.4 cm³/mol. The van der Waals surface area contributed by atoms with Crippen LogP contribution < -0.4 is 10.2 Å². The maximum Gasteiger partial charge on any atom is 0.222 e. The first-order valence-corrected chi connectivity index (χ1v) is 7.12. The molecule has 21 heavy (non-hydrogen) atoms. The van der Waals surface area contributed by atoms with E-state index in [0.717, 1.165) is 25.3 Å². The maximum absolute atomic E-state index is 11.0. The fourth-order valence-corrected chi connectivity index (χ4v) is 2.65. The van der Waals surface area contributed by atoms with Crippen LogP contribution in [0.2, 0.25) is 0 Å². The second-order valence-corrected chi connectivity index (χ2v) is 5.44. The van der Waals surface area contributed by atoms with Crippen molar-refractivity contribution in [2.45, 2.75) is 26.3 Å². The molecule has 1 aliphatic rings. The Kier molecular flexibility index (Phi) is 3.60. The number of carbonyl (C=O) groups is 1. The Morgan fingerprint density at radius 2 is 2.29 bits per heavy atom. The molecule has 2 aromatic heterocycles. The average molecular weight is 285 g/mol. The van der Waals surface area contributed by atoms with E-state index in [-0.39, 0.29) is 5.91 Å². The van der Waals surface area contributed by atoms with E-state index >= 15 is 0 Å². The predicted octanol–water partition coefficient (Wildman–Crippen LogP) is 2.00. The fraction of sp³-hybridized carbons (Fsp3) is 0.400. The molecule has 0 radical (unpaired) electrons. The van der Waals surface area contributed by atoms with Gasteiger partial charge in [-0.25, -0.2) is 4.98 Å². The van der Waals surface area contributed by atoms with Gasteiger partial charge in [-0.2, -0.15) is 5.10 Å². The summed E-state index contributed by atoms with van der Waals surface area (Å²) in [6.45, 7) is 5.42. The lowest BCUT2D eigenvalue weighted by Gasteiger charge is -2.17. The summed E-state index contributed by atoms with van der Waals surface area (Å²) in [5, 5.41) is 7.12. The Hall–Kier alpha value is -2.37. The average Bonchev–Trinajstić information content (AvgIpc) is 3.06. The second kappa shape index (κ2) is 5.55. The highest BCUT2D eigenvalue weighted by Crippen LogP contribution is 2.26. The highest BCUT2D eigenvalue weighted by Gasteiger charge is 2.25. The minimum absolute atomic E-state index is 0.0998. The van der Waals surface area contributed by atoms with Crippen LogP contribution in [0.15, 0.2) is 30.6 Å². The summed E-state index contributed by atoms with van der Waals surface area (Å²) in [5.41, 5.74) is 1.22. The van der Waals surface area contributed by atoms with Crippen molar-refractivity contribution < 1.29 is 4.79 Å². The van der Waals surface area contributed by atoms with E-state index in [2.05, 4.69) is 33.3 Å². The van der Waals surface area contributed by atoms with Crippen molar-refractivity contribution in [3.63, 3.8) is 0 Å². The zero-order chi connectivity index (χ0) is 14.8. The molecule has 3 heterocycles. The van der Waals surface area contributed by atoms with E-state index in [1.165, 1.54) is 12.5 Å². The Morgan fingerprint density at radius 1 is 1.43 bits per heavy atom. The van der Waals surface area contributed by atoms with Gasteiger partial charge in [-0.3, -0.25) is 9.48 Å². The number of aryl methyl sites for hydroxylation is 1. The largest absolute Gasteiger partial charge is 0.354 e. The number of carbonyl (C=O) groups excluding carboxylic acids is 1. The third-order valence-electron chi connectivity index (χ3n) is 3.67. The van der Waals surface area contributed by atoms with E-state index in [9.17, 15) is 4.79 Å². The van der Waals surface area contributed by atoms with Crippen LogP contribution in [0, 0.1) is 6.92 Å². The van der Waals surface area contributed by atoms with Gasteiger partial charge in [0.25, 0.3) is 0 Å². The first-order chi connectivity index (χ1) is 10.1. The normalized spacial score (nSPS) is 18.0. The smallest absolute Gasteiger partial charge is 0.222 e. The molecule has 110 valence electrons. The quantitative estimate of drug-likeness (QED) is 0.937. The van der Waals surface area contributed by atoms with Gasteiger partial charge >= 0.3 is 0 Å². The molecule has 0 unspecified atom stereocenters. The SMILES string of the molecule is CC(=O)Nc1ccn([C@@H]2CCN(c3cc(C)ccn3)C2)n1. The fourth-order valence-electron chi connectivity index (χ4n) is 2.65. The molecule has 1 saturated heterocycles. The van der Waals surface area contributed by atoms with Gasteiger partial charge in [-0.1, -0.05) is 0 Å². The van der Waals surface area contributed by atoms with Gasteiger partial charge < -0.3 is 10.2 Å². The van der Waals surface area contributed by atoms with Crippen LogP contribution in [-0.2, 0) is 4.79 Å². The van der Waals surface area contributed by atoms with E-state index in [1.54, 1.807) is 0 Å². The van der Waals surface area contributed by atoms with E-state index in [0.29, 0.717) is 11.9 Å². The zero-order valence-corrected chi connectivity index (χ0v) is 12.3. The molecule has 6 nitrogen and oxygen atoms in total. The monoisotopic (exact) mass is 285 g/mol. The first kappa shape index (κ1) is 13.6. The molecule has 0 aliphatic carbocycles. The number of pyridine rings is 1.